The predicted molar refractivity (Wildman–Crippen MR) is 85.7 cm³/mol. The Morgan fingerprint density at radius 3 is 2.50 bits per heavy atom. The predicted octanol–water partition coefficient (Wildman–Crippen LogP) is 4.61. The molecule has 0 aromatic heterocycles. The largest absolute Gasteiger partial charge is 0.491 e. The minimum Gasteiger partial charge on any atom is -0.491 e. The van der Waals surface area contributed by atoms with Gasteiger partial charge in [0.25, 0.3) is 0 Å². The highest BCUT2D eigenvalue weighted by molar-refractivity contribution is 5.42. The maximum Gasteiger partial charge on any atom is 0.122 e. The topological polar surface area (TPSA) is 21.3 Å². The molecule has 0 spiro atoms. The fourth-order valence-corrected chi connectivity index (χ4v) is 2.04. The molecule has 0 aliphatic rings. The molecular weight excluding hydrogens is 246 g/mol. The van der Waals surface area contributed by atoms with Crippen LogP contribution < -0.4 is 10.1 Å². The van der Waals surface area contributed by atoms with Gasteiger partial charge in [-0.2, -0.15) is 0 Å². The van der Waals surface area contributed by atoms with Gasteiger partial charge in [0.1, 0.15) is 12.4 Å². The van der Waals surface area contributed by atoms with Crippen molar-refractivity contribution in [1.29, 1.82) is 0 Å². The van der Waals surface area contributed by atoms with E-state index in [2.05, 4.69) is 56.4 Å². The van der Waals surface area contributed by atoms with Gasteiger partial charge in [0.05, 0.1) is 0 Å². The van der Waals surface area contributed by atoms with Crippen LogP contribution in [0.15, 0.2) is 48.5 Å². The zero-order valence-electron chi connectivity index (χ0n) is 12.5. The van der Waals surface area contributed by atoms with Gasteiger partial charge in [0.2, 0.25) is 0 Å². The number of hydrogen-bond acceptors (Lipinski definition) is 2. The number of benzene rings is 2. The molecule has 0 bridgehead atoms. The molecule has 20 heavy (non-hydrogen) atoms. The van der Waals surface area contributed by atoms with Crippen molar-refractivity contribution in [3.63, 3.8) is 0 Å². The molecule has 2 nitrogen and oxygen atoms in total. The summed E-state index contributed by atoms with van der Waals surface area (Å²) in [6, 6.07) is 16.7. The second kappa shape index (κ2) is 6.99. The summed E-state index contributed by atoms with van der Waals surface area (Å²) in [5.41, 5.74) is 3.64. The molecule has 0 radical (unpaired) electrons. The Hall–Kier alpha value is -1.96. The van der Waals surface area contributed by atoms with E-state index in [-0.39, 0.29) is 0 Å². The Balaban J connectivity index is 1.86. The van der Waals surface area contributed by atoms with Crippen LogP contribution in [-0.4, -0.2) is 13.2 Å². The zero-order valence-corrected chi connectivity index (χ0v) is 12.5. The van der Waals surface area contributed by atoms with Gasteiger partial charge < -0.3 is 10.1 Å². The molecule has 2 heteroatoms. The smallest absolute Gasteiger partial charge is 0.122 e. The van der Waals surface area contributed by atoms with Crippen molar-refractivity contribution in [2.75, 3.05) is 18.5 Å². The lowest BCUT2D eigenvalue weighted by Gasteiger charge is -2.13. The second-order valence-electron chi connectivity index (χ2n) is 5.32. The number of nitrogens with one attached hydrogen (secondary N) is 1. The lowest BCUT2D eigenvalue weighted by molar-refractivity contribution is 0.330. The summed E-state index contributed by atoms with van der Waals surface area (Å²) >= 11 is 0. The minimum atomic E-state index is 0.528. The van der Waals surface area contributed by atoms with E-state index in [1.165, 1.54) is 11.1 Å². The highest BCUT2D eigenvalue weighted by atomic mass is 16.5. The molecule has 0 amide bonds. The first kappa shape index (κ1) is 14.4. The van der Waals surface area contributed by atoms with Crippen LogP contribution >= 0.6 is 0 Å². The van der Waals surface area contributed by atoms with Gasteiger partial charge in [-0.15, -0.1) is 0 Å². The van der Waals surface area contributed by atoms with Crippen molar-refractivity contribution in [3.8, 4) is 5.75 Å². The van der Waals surface area contributed by atoms with Crippen molar-refractivity contribution in [1.82, 2.24) is 0 Å². The maximum atomic E-state index is 5.89. The van der Waals surface area contributed by atoms with Gasteiger partial charge in [-0.1, -0.05) is 44.2 Å². The quantitative estimate of drug-likeness (QED) is 0.773. The first-order chi connectivity index (χ1) is 9.66. The van der Waals surface area contributed by atoms with Crippen LogP contribution in [0, 0.1) is 6.92 Å². The van der Waals surface area contributed by atoms with Crippen molar-refractivity contribution >= 4 is 5.69 Å². The summed E-state index contributed by atoms with van der Waals surface area (Å²) in [6.45, 7) is 7.95. The number of hydrogen-bond donors (Lipinski definition) is 1. The zero-order chi connectivity index (χ0) is 14.4. The van der Waals surface area contributed by atoms with Crippen molar-refractivity contribution in [3.05, 3.63) is 59.7 Å². The highest BCUT2D eigenvalue weighted by Crippen LogP contribution is 2.24. The molecule has 0 saturated heterocycles. The third kappa shape index (κ3) is 4.02. The van der Waals surface area contributed by atoms with E-state index in [4.69, 9.17) is 4.74 Å². The van der Waals surface area contributed by atoms with Gasteiger partial charge in [-0.3, -0.25) is 0 Å². The lowest BCUT2D eigenvalue weighted by atomic mass is 10.0. The molecule has 0 saturated carbocycles. The Morgan fingerprint density at radius 2 is 1.80 bits per heavy atom. The lowest BCUT2D eigenvalue weighted by Crippen LogP contribution is -2.12. The molecule has 0 unspecified atom stereocenters. The van der Waals surface area contributed by atoms with E-state index in [1.54, 1.807) is 0 Å². The van der Waals surface area contributed by atoms with E-state index in [9.17, 15) is 0 Å². The summed E-state index contributed by atoms with van der Waals surface area (Å²) < 4.78 is 5.89. The minimum absolute atomic E-state index is 0.528. The van der Waals surface area contributed by atoms with Gasteiger partial charge >= 0.3 is 0 Å². The Kier molecular flexibility index (Phi) is 5.05. The van der Waals surface area contributed by atoms with Crippen LogP contribution in [0.2, 0.25) is 0 Å². The average molecular weight is 269 g/mol. The van der Waals surface area contributed by atoms with Crippen molar-refractivity contribution in [2.24, 2.45) is 0 Å². The number of para-hydroxylation sites is 1. The van der Waals surface area contributed by atoms with E-state index in [0.29, 0.717) is 12.5 Å². The van der Waals surface area contributed by atoms with Gasteiger partial charge in [-0.25, -0.2) is 0 Å². The molecule has 0 atom stereocenters. The Bertz CT molecular complexity index is 534. The molecule has 0 fully saturated rings. The number of aryl methyl sites for hydroxylation is 1. The third-order valence-corrected chi connectivity index (χ3v) is 3.34. The Labute approximate surface area is 121 Å². The summed E-state index contributed by atoms with van der Waals surface area (Å²) in [5.74, 6) is 1.52. The number of rotatable bonds is 6. The Morgan fingerprint density at radius 1 is 1.05 bits per heavy atom. The third-order valence-electron chi connectivity index (χ3n) is 3.34. The SMILES string of the molecule is Cc1ccc(C(C)C)cc1OCCNc1ccccc1. The van der Waals surface area contributed by atoms with Crippen LogP contribution in [0.25, 0.3) is 0 Å². The standard InChI is InChI=1S/C18H23NO/c1-14(2)16-10-9-15(3)18(13-16)20-12-11-19-17-7-5-4-6-8-17/h4-10,13-14,19H,11-12H2,1-3H3. The van der Waals surface area contributed by atoms with Crippen LogP contribution in [0.3, 0.4) is 0 Å². The first-order valence-corrected chi connectivity index (χ1v) is 7.19. The summed E-state index contributed by atoms with van der Waals surface area (Å²) in [4.78, 5) is 0. The van der Waals surface area contributed by atoms with E-state index < -0.39 is 0 Å². The average Bonchev–Trinajstić information content (AvgIpc) is 2.46. The summed E-state index contributed by atoms with van der Waals surface area (Å²) in [6.07, 6.45) is 0. The molecule has 0 aliphatic carbocycles. The molecule has 0 heterocycles. The first-order valence-electron chi connectivity index (χ1n) is 7.19. The molecule has 2 rings (SSSR count). The number of anilines is 1. The van der Waals surface area contributed by atoms with Gasteiger partial charge in [0, 0.05) is 12.2 Å². The fraction of sp³-hybridized carbons (Fsp3) is 0.333. The molecular formula is C18H23NO. The monoisotopic (exact) mass is 269 g/mol. The maximum absolute atomic E-state index is 5.89. The van der Waals surface area contributed by atoms with Crippen molar-refractivity contribution in [2.45, 2.75) is 26.7 Å². The molecule has 0 aliphatic heterocycles. The normalized spacial score (nSPS) is 10.6. The van der Waals surface area contributed by atoms with Crippen LogP contribution in [0.5, 0.6) is 5.75 Å². The van der Waals surface area contributed by atoms with Gasteiger partial charge in [-0.05, 0) is 42.2 Å². The molecule has 2 aromatic carbocycles. The summed E-state index contributed by atoms with van der Waals surface area (Å²) in [5, 5.41) is 3.35. The molecule has 106 valence electrons. The van der Waals surface area contributed by atoms with Gasteiger partial charge in [0.15, 0.2) is 0 Å². The van der Waals surface area contributed by atoms with Crippen LogP contribution in [0.1, 0.15) is 30.9 Å². The van der Waals surface area contributed by atoms with E-state index in [0.717, 1.165) is 18.0 Å². The van der Waals surface area contributed by atoms with Crippen molar-refractivity contribution < 1.29 is 4.74 Å². The molecule has 2 aromatic rings. The summed E-state index contributed by atoms with van der Waals surface area (Å²) in [7, 11) is 0. The number of ether oxygens (including phenoxy) is 1. The fourth-order valence-electron chi connectivity index (χ4n) is 2.04. The van der Waals surface area contributed by atoms with E-state index >= 15 is 0 Å². The van der Waals surface area contributed by atoms with Crippen LogP contribution in [-0.2, 0) is 0 Å². The van der Waals surface area contributed by atoms with E-state index in [1.807, 2.05) is 18.2 Å². The second-order valence-corrected chi connectivity index (χ2v) is 5.32. The highest BCUT2D eigenvalue weighted by Gasteiger charge is 2.04. The molecule has 1 N–H and O–H groups in total. The van der Waals surface area contributed by atoms with Crippen LogP contribution in [0.4, 0.5) is 5.69 Å².